The summed E-state index contributed by atoms with van der Waals surface area (Å²) in [6.45, 7) is 11.5. The molecule has 0 radical (unpaired) electrons. The predicted molar refractivity (Wildman–Crippen MR) is 179 cm³/mol. The second-order valence-electron chi connectivity index (χ2n) is 11.4. The van der Waals surface area contributed by atoms with Crippen molar-refractivity contribution < 1.29 is 9.53 Å². The molecular formula is C35H43ClN4O3. The van der Waals surface area contributed by atoms with Crippen molar-refractivity contribution in [2.24, 2.45) is 0 Å². The summed E-state index contributed by atoms with van der Waals surface area (Å²) in [5.41, 5.74) is 4.75. The maximum Gasteiger partial charge on any atom is 0.323 e. The molecule has 0 saturated carbocycles. The van der Waals surface area contributed by atoms with Crippen LogP contribution in [0.3, 0.4) is 0 Å². The van der Waals surface area contributed by atoms with Crippen LogP contribution in [0.15, 0.2) is 65.6 Å². The molecule has 0 atom stereocenters. The molecule has 2 amide bonds. The molecule has 0 unspecified atom stereocenters. The van der Waals surface area contributed by atoms with E-state index in [1.807, 2.05) is 54.6 Å². The SMILES string of the molecule is CCCCn1c(=O)c(NC(=O)Nc2c(C(C)C)cccc2C(C)C)c(-c2cccc(OCCCCCl)c2)c2cccnc21. The Labute approximate surface area is 259 Å². The highest BCUT2D eigenvalue weighted by Gasteiger charge is 2.23. The van der Waals surface area contributed by atoms with Crippen molar-refractivity contribution >= 4 is 40.0 Å². The first kappa shape index (κ1) is 32.1. The zero-order chi connectivity index (χ0) is 30.9. The van der Waals surface area contributed by atoms with Crippen LogP contribution in [0.25, 0.3) is 22.2 Å². The van der Waals surface area contributed by atoms with E-state index in [2.05, 4.69) is 50.2 Å². The van der Waals surface area contributed by atoms with Crippen LogP contribution in [0.2, 0.25) is 0 Å². The number of urea groups is 1. The predicted octanol–water partition coefficient (Wildman–Crippen LogP) is 9.15. The van der Waals surface area contributed by atoms with E-state index in [1.54, 1.807) is 10.8 Å². The number of ether oxygens (including phenoxy) is 1. The van der Waals surface area contributed by atoms with Gasteiger partial charge in [-0.25, -0.2) is 9.78 Å². The Morgan fingerprint density at radius 1 is 0.930 bits per heavy atom. The van der Waals surface area contributed by atoms with Crippen molar-refractivity contribution in [2.75, 3.05) is 23.1 Å². The maximum atomic E-state index is 14.2. The molecule has 0 aliphatic rings. The number of hydrogen-bond donors (Lipinski definition) is 2. The smallest absolute Gasteiger partial charge is 0.323 e. The van der Waals surface area contributed by atoms with Crippen LogP contribution in [0.5, 0.6) is 5.75 Å². The zero-order valence-corrected chi connectivity index (χ0v) is 26.6. The van der Waals surface area contributed by atoms with E-state index in [0.29, 0.717) is 36.0 Å². The molecule has 0 aliphatic heterocycles. The Kier molecular flexibility index (Phi) is 11.2. The average molecular weight is 603 g/mol. The third-order valence-electron chi connectivity index (χ3n) is 7.53. The number of amides is 2. The summed E-state index contributed by atoms with van der Waals surface area (Å²) in [5, 5.41) is 6.86. The molecule has 2 N–H and O–H groups in total. The normalized spacial score (nSPS) is 11.3. The number of hydrogen-bond acceptors (Lipinski definition) is 4. The first-order valence-corrected chi connectivity index (χ1v) is 15.8. The van der Waals surface area contributed by atoms with Gasteiger partial charge in [0.2, 0.25) is 0 Å². The van der Waals surface area contributed by atoms with E-state index in [0.717, 1.165) is 53.4 Å². The molecule has 0 fully saturated rings. The number of alkyl halides is 1. The number of carbonyl (C=O) groups excluding carboxylic acids is 1. The lowest BCUT2D eigenvalue weighted by atomic mass is 9.93. The molecule has 0 spiro atoms. The van der Waals surface area contributed by atoms with Gasteiger partial charge < -0.3 is 15.4 Å². The van der Waals surface area contributed by atoms with E-state index in [1.165, 1.54) is 0 Å². The monoisotopic (exact) mass is 602 g/mol. The lowest BCUT2D eigenvalue weighted by molar-refractivity contribution is 0.262. The number of aromatic nitrogens is 2. The van der Waals surface area contributed by atoms with E-state index in [9.17, 15) is 9.59 Å². The van der Waals surface area contributed by atoms with Crippen LogP contribution in [-0.2, 0) is 6.54 Å². The number of nitrogens with one attached hydrogen (secondary N) is 2. The fourth-order valence-electron chi connectivity index (χ4n) is 5.30. The summed E-state index contributed by atoms with van der Waals surface area (Å²) in [6.07, 6.45) is 5.13. The molecule has 0 bridgehead atoms. The maximum absolute atomic E-state index is 14.2. The topological polar surface area (TPSA) is 85.2 Å². The quantitative estimate of drug-likeness (QED) is 0.118. The Balaban J connectivity index is 1.84. The molecule has 2 aromatic heterocycles. The number of nitrogens with zero attached hydrogens (tertiary/aromatic N) is 2. The third-order valence-corrected chi connectivity index (χ3v) is 7.79. The van der Waals surface area contributed by atoms with Crippen molar-refractivity contribution in [2.45, 2.75) is 78.7 Å². The van der Waals surface area contributed by atoms with Gasteiger partial charge in [-0.2, -0.15) is 0 Å². The number of benzene rings is 2. The lowest BCUT2D eigenvalue weighted by Gasteiger charge is -2.22. The van der Waals surface area contributed by atoms with E-state index < -0.39 is 6.03 Å². The Bertz CT molecular complexity index is 1590. The van der Waals surface area contributed by atoms with Gasteiger partial charge in [-0.05, 0) is 72.1 Å². The van der Waals surface area contributed by atoms with Gasteiger partial charge in [0.15, 0.2) is 0 Å². The number of halogens is 1. The van der Waals surface area contributed by atoms with Crippen molar-refractivity contribution in [1.82, 2.24) is 9.55 Å². The molecule has 8 heteroatoms. The minimum absolute atomic E-state index is 0.203. The molecule has 0 aliphatic carbocycles. The molecule has 228 valence electrons. The summed E-state index contributed by atoms with van der Waals surface area (Å²) in [4.78, 5) is 32.6. The van der Waals surface area contributed by atoms with Crippen molar-refractivity contribution in [3.63, 3.8) is 0 Å². The van der Waals surface area contributed by atoms with Gasteiger partial charge in [0, 0.05) is 35.3 Å². The molecular weight excluding hydrogens is 560 g/mol. The van der Waals surface area contributed by atoms with Crippen LogP contribution in [0, 0.1) is 0 Å². The highest BCUT2D eigenvalue weighted by Crippen LogP contribution is 2.36. The molecule has 43 heavy (non-hydrogen) atoms. The fourth-order valence-corrected chi connectivity index (χ4v) is 5.49. The van der Waals surface area contributed by atoms with Crippen molar-refractivity contribution in [1.29, 1.82) is 0 Å². The second-order valence-corrected chi connectivity index (χ2v) is 11.8. The lowest BCUT2D eigenvalue weighted by Crippen LogP contribution is -2.30. The number of unbranched alkanes of at least 4 members (excludes halogenated alkanes) is 2. The Morgan fingerprint density at radius 2 is 1.63 bits per heavy atom. The van der Waals surface area contributed by atoms with Gasteiger partial charge in [0.25, 0.3) is 5.56 Å². The number of pyridine rings is 2. The molecule has 4 aromatic rings. The molecule has 0 saturated heterocycles. The average Bonchev–Trinajstić information content (AvgIpc) is 2.99. The number of carbonyl (C=O) groups is 1. The summed E-state index contributed by atoms with van der Waals surface area (Å²) < 4.78 is 7.68. The zero-order valence-electron chi connectivity index (χ0n) is 25.9. The summed E-state index contributed by atoms with van der Waals surface area (Å²) in [7, 11) is 0. The second kappa shape index (κ2) is 15.1. The van der Waals surface area contributed by atoms with Crippen LogP contribution < -0.4 is 20.9 Å². The van der Waals surface area contributed by atoms with Gasteiger partial charge in [-0.3, -0.25) is 9.36 Å². The largest absolute Gasteiger partial charge is 0.494 e. The first-order valence-electron chi connectivity index (χ1n) is 15.3. The van der Waals surface area contributed by atoms with Crippen molar-refractivity contribution in [3.8, 4) is 16.9 Å². The van der Waals surface area contributed by atoms with E-state index >= 15 is 0 Å². The summed E-state index contributed by atoms with van der Waals surface area (Å²) >= 11 is 5.83. The van der Waals surface area contributed by atoms with Crippen LogP contribution in [-0.4, -0.2) is 28.1 Å². The minimum atomic E-state index is -0.466. The first-order chi connectivity index (χ1) is 20.8. The molecule has 2 aromatic carbocycles. The fraction of sp³-hybridized carbons (Fsp3) is 0.400. The van der Waals surface area contributed by atoms with E-state index in [-0.39, 0.29) is 23.1 Å². The number of rotatable bonds is 13. The summed E-state index contributed by atoms with van der Waals surface area (Å²) in [5.74, 6) is 1.68. The molecule has 4 rings (SSSR count). The van der Waals surface area contributed by atoms with Gasteiger partial charge >= 0.3 is 6.03 Å². The van der Waals surface area contributed by atoms with Gasteiger partial charge in [0.1, 0.15) is 17.1 Å². The summed E-state index contributed by atoms with van der Waals surface area (Å²) in [6, 6.07) is 17.1. The highest BCUT2D eigenvalue weighted by molar-refractivity contribution is 6.17. The Morgan fingerprint density at radius 3 is 2.30 bits per heavy atom. The van der Waals surface area contributed by atoms with Crippen molar-refractivity contribution in [3.05, 3.63) is 82.3 Å². The highest BCUT2D eigenvalue weighted by atomic mass is 35.5. The van der Waals surface area contributed by atoms with Gasteiger partial charge in [-0.15, -0.1) is 11.6 Å². The van der Waals surface area contributed by atoms with Crippen LogP contribution >= 0.6 is 11.6 Å². The van der Waals surface area contributed by atoms with Crippen LogP contribution in [0.1, 0.15) is 83.3 Å². The standard InChI is InChI=1S/C35H43ClN4O3/c1-6-7-20-40-33-29(17-12-19-37-33)30(25-13-10-14-26(22-25)43-21-9-8-18-36)32(34(40)41)39-35(42)38-31-27(23(2)3)15-11-16-28(31)24(4)5/h10-17,19,22-24H,6-9,18,20-21H2,1-5H3,(H2,38,39,42). The van der Waals surface area contributed by atoms with Gasteiger partial charge in [0.05, 0.1) is 6.61 Å². The molecule has 7 nitrogen and oxygen atoms in total. The Hall–Kier alpha value is -3.84. The van der Waals surface area contributed by atoms with Crippen LogP contribution in [0.4, 0.5) is 16.2 Å². The minimum Gasteiger partial charge on any atom is -0.494 e. The van der Waals surface area contributed by atoms with E-state index in [4.69, 9.17) is 16.3 Å². The number of anilines is 2. The van der Waals surface area contributed by atoms with Gasteiger partial charge in [-0.1, -0.05) is 71.4 Å². The number of para-hydroxylation sites is 1. The number of aryl methyl sites for hydroxylation is 1. The third kappa shape index (κ3) is 7.57. The number of fused-ring (bicyclic) bond motifs is 1. The molecule has 2 heterocycles.